The molecule has 0 radical (unpaired) electrons. The maximum Gasteiger partial charge on any atom is 0.191 e. The summed E-state index contributed by atoms with van der Waals surface area (Å²) in [5, 5.41) is 17.1. The molecule has 3 N–H and O–H groups in total. The molecule has 27 heavy (non-hydrogen) atoms. The van der Waals surface area contributed by atoms with Crippen molar-refractivity contribution in [3.8, 4) is 0 Å². The second-order valence-corrected chi connectivity index (χ2v) is 6.99. The van der Waals surface area contributed by atoms with Crippen LogP contribution in [0.2, 0.25) is 0 Å². The largest absolute Gasteiger partial charge is 0.463 e. The topological polar surface area (TPSA) is 69.8 Å². The van der Waals surface area contributed by atoms with Gasteiger partial charge in [-0.1, -0.05) is 18.2 Å². The van der Waals surface area contributed by atoms with Crippen molar-refractivity contribution in [2.45, 2.75) is 44.8 Å². The number of hydrogen-bond donors (Lipinski definition) is 3. The molecular weight excluding hydrogens is 460 g/mol. The summed E-state index contributed by atoms with van der Waals surface area (Å²) in [5.74, 6) is 1.83. The number of aryl methyl sites for hydroxylation is 1. The van der Waals surface area contributed by atoms with Crippen LogP contribution in [0.4, 0.5) is 4.39 Å². The fraction of sp³-hybridized carbons (Fsp3) is 0.450. The highest BCUT2D eigenvalue weighted by Crippen LogP contribution is 2.41. The quantitative estimate of drug-likeness (QED) is 0.331. The lowest BCUT2D eigenvalue weighted by atomic mass is 10.0. The Labute approximate surface area is 176 Å². The second kappa shape index (κ2) is 9.05. The van der Waals surface area contributed by atoms with Crippen molar-refractivity contribution in [3.63, 3.8) is 0 Å². The average molecular weight is 487 g/mol. The van der Waals surface area contributed by atoms with Crippen LogP contribution in [0.5, 0.6) is 0 Å². The van der Waals surface area contributed by atoms with E-state index in [0.29, 0.717) is 18.3 Å². The molecule has 0 bridgehead atoms. The molecule has 3 atom stereocenters. The second-order valence-electron chi connectivity index (χ2n) is 6.99. The lowest BCUT2D eigenvalue weighted by Crippen LogP contribution is -2.40. The van der Waals surface area contributed by atoms with Gasteiger partial charge in [0.05, 0.1) is 6.54 Å². The number of aliphatic hydroxyl groups is 1. The van der Waals surface area contributed by atoms with Gasteiger partial charge in [-0.25, -0.2) is 9.38 Å². The van der Waals surface area contributed by atoms with E-state index in [2.05, 4.69) is 15.6 Å². The van der Waals surface area contributed by atoms with Gasteiger partial charge in [0.15, 0.2) is 5.96 Å². The molecule has 2 aromatic rings. The maximum atomic E-state index is 13.9. The van der Waals surface area contributed by atoms with Crippen LogP contribution in [0.3, 0.4) is 0 Å². The zero-order chi connectivity index (χ0) is 18.7. The third-order valence-electron chi connectivity index (χ3n) is 4.58. The zero-order valence-electron chi connectivity index (χ0n) is 15.8. The summed E-state index contributed by atoms with van der Waals surface area (Å²) in [6, 6.07) is 10.6. The van der Waals surface area contributed by atoms with Crippen molar-refractivity contribution in [1.29, 1.82) is 0 Å². The first-order chi connectivity index (χ1) is 12.4. The number of halogens is 2. The van der Waals surface area contributed by atoms with Crippen LogP contribution in [0, 0.1) is 12.7 Å². The Kier molecular flexibility index (Phi) is 7.27. The van der Waals surface area contributed by atoms with E-state index >= 15 is 0 Å². The molecule has 1 aromatic carbocycles. The first-order valence-corrected chi connectivity index (χ1v) is 8.99. The number of nitrogens with zero attached hydrogens (tertiary/aromatic N) is 1. The Hall–Kier alpha value is -1.61. The Balaban J connectivity index is 0.00000261. The van der Waals surface area contributed by atoms with Crippen molar-refractivity contribution in [2.24, 2.45) is 4.99 Å². The number of rotatable bonds is 6. The molecule has 1 aliphatic rings. The van der Waals surface area contributed by atoms with Crippen molar-refractivity contribution < 1.29 is 13.9 Å². The van der Waals surface area contributed by atoms with Crippen molar-refractivity contribution in [1.82, 2.24) is 10.6 Å². The Morgan fingerprint density at radius 1 is 1.33 bits per heavy atom. The average Bonchev–Trinajstić information content (AvgIpc) is 3.21. The molecule has 0 spiro atoms. The van der Waals surface area contributed by atoms with Crippen LogP contribution in [0.1, 0.15) is 43.3 Å². The summed E-state index contributed by atoms with van der Waals surface area (Å²) in [6.07, 6.45) is 0.860. The smallest absolute Gasteiger partial charge is 0.191 e. The van der Waals surface area contributed by atoms with Gasteiger partial charge >= 0.3 is 0 Å². The van der Waals surface area contributed by atoms with Gasteiger partial charge in [-0.2, -0.15) is 0 Å². The Bertz CT molecular complexity index is 791. The molecule has 1 aliphatic carbocycles. The van der Waals surface area contributed by atoms with Crippen molar-refractivity contribution in [3.05, 3.63) is 59.3 Å². The molecule has 0 amide bonds. The first-order valence-electron chi connectivity index (χ1n) is 8.99. The van der Waals surface area contributed by atoms with Gasteiger partial charge in [-0.3, -0.25) is 0 Å². The van der Waals surface area contributed by atoms with E-state index < -0.39 is 5.60 Å². The van der Waals surface area contributed by atoms with E-state index in [4.69, 9.17) is 4.42 Å². The van der Waals surface area contributed by atoms with Crippen LogP contribution in [-0.4, -0.2) is 30.2 Å². The van der Waals surface area contributed by atoms with Crippen LogP contribution >= 0.6 is 24.0 Å². The van der Waals surface area contributed by atoms with E-state index in [0.717, 1.165) is 17.7 Å². The third-order valence-corrected chi connectivity index (χ3v) is 4.58. The Morgan fingerprint density at radius 3 is 2.70 bits per heavy atom. The number of nitrogens with one attached hydrogen (secondary N) is 2. The highest BCUT2D eigenvalue weighted by molar-refractivity contribution is 14.0. The standard InChI is InChI=1S/C20H26FN3O2.HI/c1-4-22-19(23-12-20(3,25)18-10-9-13(2)26-18)24-17-11-15(17)14-7-5-6-8-16(14)21;/h5-10,15,17,25H,4,11-12H2,1-3H3,(H2,22,23,24);1H. The van der Waals surface area contributed by atoms with Gasteiger partial charge in [0, 0.05) is 18.5 Å². The van der Waals surface area contributed by atoms with Crippen LogP contribution in [0.25, 0.3) is 0 Å². The third kappa shape index (κ3) is 5.44. The van der Waals surface area contributed by atoms with E-state index in [9.17, 15) is 9.50 Å². The molecule has 3 rings (SSSR count). The fourth-order valence-corrected chi connectivity index (χ4v) is 3.00. The van der Waals surface area contributed by atoms with Crippen molar-refractivity contribution in [2.75, 3.05) is 13.1 Å². The molecule has 5 nitrogen and oxygen atoms in total. The van der Waals surface area contributed by atoms with Gasteiger partial charge in [0.1, 0.15) is 22.9 Å². The maximum absolute atomic E-state index is 13.9. The molecular formula is C20H27FIN3O2. The SMILES string of the molecule is CCNC(=NCC(C)(O)c1ccc(C)o1)NC1CC1c1ccccc1F.I. The zero-order valence-corrected chi connectivity index (χ0v) is 18.2. The molecule has 1 saturated carbocycles. The minimum atomic E-state index is -1.19. The Morgan fingerprint density at radius 2 is 2.07 bits per heavy atom. The van der Waals surface area contributed by atoms with E-state index in [1.807, 2.05) is 32.0 Å². The summed E-state index contributed by atoms with van der Waals surface area (Å²) in [5.41, 5.74) is -0.454. The molecule has 148 valence electrons. The highest BCUT2D eigenvalue weighted by Gasteiger charge is 2.40. The lowest BCUT2D eigenvalue weighted by molar-refractivity contribution is 0.0428. The van der Waals surface area contributed by atoms with Crippen LogP contribution < -0.4 is 10.6 Å². The number of furan rings is 1. The van der Waals surface area contributed by atoms with Gasteiger partial charge in [-0.05, 0) is 51.0 Å². The van der Waals surface area contributed by atoms with Gasteiger partial charge in [-0.15, -0.1) is 24.0 Å². The number of benzene rings is 1. The summed E-state index contributed by atoms with van der Waals surface area (Å²) in [6.45, 7) is 6.35. The lowest BCUT2D eigenvalue weighted by Gasteiger charge is -2.19. The number of hydrogen-bond acceptors (Lipinski definition) is 3. The highest BCUT2D eigenvalue weighted by atomic mass is 127. The monoisotopic (exact) mass is 487 g/mol. The van der Waals surface area contributed by atoms with E-state index in [1.165, 1.54) is 6.07 Å². The molecule has 1 heterocycles. The molecule has 0 saturated heterocycles. The molecule has 1 fully saturated rings. The van der Waals surface area contributed by atoms with E-state index in [-0.39, 0.29) is 48.3 Å². The summed E-state index contributed by atoms with van der Waals surface area (Å²) >= 11 is 0. The first kappa shape index (κ1) is 21.7. The van der Waals surface area contributed by atoms with Gasteiger partial charge in [0.25, 0.3) is 0 Å². The molecule has 7 heteroatoms. The fourth-order valence-electron chi connectivity index (χ4n) is 3.00. The molecule has 3 unspecified atom stereocenters. The summed E-state index contributed by atoms with van der Waals surface area (Å²) in [4.78, 5) is 4.49. The minimum absolute atomic E-state index is 0. The van der Waals surface area contributed by atoms with Crippen LogP contribution in [-0.2, 0) is 5.60 Å². The van der Waals surface area contributed by atoms with Crippen molar-refractivity contribution >= 4 is 29.9 Å². The molecule has 0 aliphatic heterocycles. The predicted octanol–water partition coefficient (Wildman–Crippen LogP) is 3.66. The minimum Gasteiger partial charge on any atom is -0.463 e. The van der Waals surface area contributed by atoms with Gasteiger partial charge < -0.3 is 20.2 Å². The van der Waals surface area contributed by atoms with Gasteiger partial charge in [0.2, 0.25) is 0 Å². The number of aliphatic imine (C=N–C) groups is 1. The summed E-state index contributed by atoms with van der Waals surface area (Å²) < 4.78 is 19.4. The molecule has 1 aromatic heterocycles. The number of guanidine groups is 1. The summed E-state index contributed by atoms with van der Waals surface area (Å²) in [7, 11) is 0. The normalized spacial score (nSPS) is 21.1. The van der Waals surface area contributed by atoms with E-state index in [1.54, 1.807) is 19.1 Å². The van der Waals surface area contributed by atoms with Crippen LogP contribution in [0.15, 0.2) is 45.8 Å². The predicted molar refractivity (Wildman–Crippen MR) is 115 cm³/mol.